The van der Waals surface area contributed by atoms with Crippen LogP contribution in [0.5, 0.6) is 11.5 Å². The Morgan fingerprint density at radius 3 is 2.65 bits per heavy atom. The first-order valence-corrected chi connectivity index (χ1v) is 7.71. The van der Waals surface area contributed by atoms with Crippen molar-refractivity contribution >= 4 is 11.9 Å². The van der Waals surface area contributed by atoms with Crippen molar-refractivity contribution in [1.29, 1.82) is 0 Å². The fourth-order valence-corrected chi connectivity index (χ4v) is 3.87. The lowest BCUT2D eigenvalue weighted by molar-refractivity contribution is -0.147. The third-order valence-corrected chi connectivity index (χ3v) is 4.95. The highest BCUT2D eigenvalue weighted by Crippen LogP contribution is 2.48. The number of fused-ring (bicyclic) bond motifs is 3. The number of ether oxygens (including phenoxy) is 2. The van der Waals surface area contributed by atoms with Crippen LogP contribution in [0.25, 0.3) is 0 Å². The molecule has 2 N–H and O–H groups in total. The molecule has 120 valence electrons. The van der Waals surface area contributed by atoms with Crippen molar-refractivity contribution in [2.24, 2.45) is 23.7 Å². The summed E-state index contributed by atoms with van der Waals surface area (Å²) in [5.41, 5.74) is 0.896. The highest BCUT2D eigenvalue weighted by atomic mass is 16.7. The molecule has 23 heavy (non-hydrogen) atoms. The number of aliphatic carboxylic acids is 1. The monoisotopic (exact) mass is 315 g/mol. The zero-order chi connectivity index (χ0) is 16.0. The first kappa shape index (κ1) is 14.1. The Morgan fingerprint density at radius 2 is 1.87 bits per heavy atom. The molecule has 0 aromatic heterocycles. The maximum Gasteiger partial charge on any atom is 0.307 e. The van der Waals surface area contributed by atoms with Gasteiger partial charge < -0.3 is 19.9 Å². The minimum absolute atomic E-state index is 0.0150. The van der Waals surface area contributed by atoms with Crippen molar-refractivity contribution in [2.45, 2.75) is 13.0 Å². The quantitative estimate of drug-likeness (QED) is 0.824. The third kappa shape index (κ3) is 2.34. The highest BCUT2D eigenvalue weighted by Gasteiger charge is 2.51. The van der Waals surface area contributed by atoms with Crippen LogP contribution in [0.3, 0.4) is 0 Å². The summed E-state index contributed by atoms with van der Waals surface area (Å²) in [4.78, 5) is 24.0. The molecule has 0 radical (unpaired) electrons. The largest absolute Gasteiger partial charge is 0.481 e. The summed E-state index contributed by atoms with van der Waals surface area (Å²) in [5.74, 6) is -0.765. The number of hydrogen-bond donors (Lipinski definition) is 2. The van der Waals surface area contributed by atoms with Crippen LogP contribution in [0.1, 0.15) is 12.0 Å². The number of carboxylic acids is 1. The first-order valence-electron chi connectivity index (χ1n) is 7.71. The lowest BCUT2D eigenvalue weighted by atomic mass is 9.82. The second kappa shape index (κ2) is 5.30. The molecule has 1 aliphatic heterocycles. The molecule has 1 amide bonds. The Hall–Kier alpha value is -2.50. The van der Waals surface area contributed by atoms with Gasteiger partial charge in [0.05, 0.1) is 11.8 Å². The van der Waals surface area contributed by atoms with Gasteiger partial charge in [-0.05, 0) is 36.0 Å². The Labute approximate surface area is 133 Å². The number of benzene rings is 1. The summed E-state index contributed by atoms with van der Waals surface area (Å²) in [6.07, 6.45) is 4.68. The summed E-state index contributed by atoms with van der Waals surface area (Å²) in [5, 5.41) is 12.3. The van der Waals surface area contributed by atoms with E-state index in [-0.39, 0.29) is 24.5 Å². The minimum Gasteiger partial charge on any atom is -0.481 e. The van der Waals surface area contributed by atoms with Gasteiger partial charge in [0, 0.05) is 6.54 Å². The molecule has 2 bridgehead atoms. The van der Waals surface area contributed by atoms with Gasteiger partial charge in [-0.2, -0.15) is 0 Å². The van der Waals surface area contributed by atoms with Gasteiger partial charge >= 0.3 is 5.97 Å². The molecule has 0 saturated heterocycles. The predicted octanol–water partition coefficient (Wildman–Crippen LogP) is 1.55. The number of carbonyl (C=O) groups excluding carboxylic acids is 1. The van der Waals surface area contributed by atoms with Crippen molar-refractivity contribution in [3.05, 3.63) is 35.9 Å². The summed E-state index contributed by atoms with van der Waals surface area (Å²) in [6, 6.07) is 5.51. The Balaban J connectivity index is 1.44. The van der Waals surface area contributed by atoms with E-state index < -0.39 is 17.8 Å². The number of nitrogens with one attached hydrogen (secondary N) is 1. The van der Waals surface area contributed by atoms with Crippen LogP contribution in [-0.2, 0) is 16.1 Å². The van der Waals surface area contributed by atoms with Crippen LogP contribution < -0.4 is 14.8 Å². The van der Waals surface area contributed by atoms with E-state index in [1.165, 1.54) is 0 Å². The van der Waals surface area contributed by atoms with E-state index >= 15 is 0 Å². The number of amides is 1. The fraction of sp³-hybridized carbons (Fsp3) is 0.412. The van der Waals surface area contributed by atoms with Crippen molar-refractivity contribution in [1.82, 2.24) is 5.32 Å². The summed E-state index contributed by atoms with van der Waals surface area (Å²) < 4.78 is 10.6. The van der Waals surface area contributed by atoms with Crippen LogP contribution in [0.4, 0.5) is 0 Å². The van der Waals surface area contributed by atoms with Crippen LogP contribution in [0.2, 0.25) is 0 Å². The second-order valence-electron chi connectivity index (χ2n) is 6.24. The normalized spacial score (nSPS) is 29.7. The fourth-order valence-electron chi connectivity index (χ4n) is 3.87. The molecular formula is C17H17NO5. The predicted molar refractivity (Wildman–Crippen MR) is 79.8 cm³/mol. The molecule has 4 rings (SSSR count). The molecule has 1 aromatic rings. The van der Waals surface area contributed by atoms with E-state index in [2.05, 4.69) is 5.32 Å². The van der Waals surface area contributed by atoms with Gasteiger partial charge in [0.15, 0.2) is 11.5 Å². The SMILES string of the molecule is O=C(O)[C@@H]1[C@@H](C(=O)NCc2ccc3c(c2)OCO3)[C@H]2C=C[C@@H]1C2. The van der Waals surface area contributed by atoms with Gasteiger partial charge in [-0.15, -0.1) is 0 Å². The third-order valence-electron chi connectivity index (χ3n) is 4.95. The number of carboxylic acid groups (broad SMARTS) is 1. The standard InChI is InChI=1S/C17H17NO5/c19-16(14-10-2-3-11(6-10)15(14)17(20)21)18-7-9-1-4-12-13(5-9)23-8-22-12/h1-5,10-11,14-15H,6-8H2,(H,18,19)(H,20,21)/t10-,11+,14-,15-/m0/s1. The zero-order valence-corrected chi connectivity index (χ0v) is 12.4. The van der Waals surface area contributed by atoms with Crippen LogP contribution in [0.15, 0.2) is 30.4 Å². The number of hydrogen-bond acceptors (Lipinski definition) is 4. The van der Waals surface area contributed by atoms with Crippen molar-refractivity contribution in [2.75, 3.05) is 6.79 Å². The van der Waals surface area contributed by atoms with Gasteiger partial charge in [0.1, 0.15) is 0 Å². The lowest BCUT2D eigenvalue weighted by Gasteiger charge is -2.23. The van der Waals surface area contributed by atoms with Crippen LogP contribution in [-0.4, -0.2) is 23.8 Å². The smallest absolute Gasteiger partial charge is 0.307 e. The molecule has 4 atom stereocenters. The lowest BCUT2D eigenvalue weighted by Crippen LogP contribution is -2.39. The summed E-state index contributed by atoms with van der Waals surface area (Å²) in [6.45, 7) is 0.558. The molecule has 6 nitrogen and oxygen atoms in total. The van der Waals surface area contributed by atoms with Gasteiger partial charge in [-0.3, -0.25) is 9.59 Å². The van der Waals surface area contributed by atoms with Gasteiger partial charge in [0.25, 0.3) is 0 Å². The topological polar surface area (TPSA) is 84.9 Å². The number of allylic oxidation sites excluding steroid dienone is 2. The molecule has 1 saturated carbocycles. The molecule has 0 spiro atoms. The van der Waals surface area contributed by atoms with E-state index in [1.54, 1.807) is 0 Å². The molecule has 2 aliphatic carbocycles. The van der Waals surface area contributed by atoms with Gasteiger partial charge in [0.2, 0.25) is 12.7 Å². The van der Waals surface area contributed by atoms with Gasteiger partial charge in [-0.25, -0.2) is 0 Å². The molecule has 6 heteroatoms. The molecular weight excluding hydrogens is 298 g/mol. The molecule has 1 fully saturated rings. The first-order chi connectivity index (χ1) is 11.1. The van der Waals surface area contributed by atoms with E-state index in [0.29, 0.717) is 18.0 Å². The van der Waals surface area contributed by atoms with E-state index in [1.807, 2.05) is 30.4 Å². The second-order valence-corrected chi connectivity index (χ2v) is 6.24. The van der Waals surface area contributed by atoms with Crippen molar-refractivity contribution in [3.8, 4) is 11.5 Å². The van der Waals surface area contributed by atoms with Gasteiger partial charge in [-0.1, -0.05) is 18.2 Å². The molecule has 1 aromatic carbocycles. The summed E-state index contributed by atoms with van der Waals surface area (Å²) >= 11 is 0. The Morgan fingerprint density at radius 1 is 1.13 bits per heavy atom. The minimum atomic E-state index is -0.884. The van der Waals surface area contributed by atoms with Crippen molar-refractivity contribution in [3.63, 3.8) is 0 Å². The number of carbonyl (C=O) groups is 2. The average molecular weight is 315 g/mol. The summed E-state index contributed by atoms with van der Waals surface area (Å²) in [7, 11) is 0. The maximum absolute atomic E-state index is 12.5. The molecule has 0 unspecified atom stereocenters. The Bertz CT molecular complexity index is 698. The van der Waals surface area contributed by atoms with Crippen molar-refractivity contribution < 1.29 is 24.2 Å². The maximum atomic E-state index is 12.5. The van der Waals surface area contributed by atoms with Crippen LogP contribution in [0, 0.1) is 23.7 Å². The highest BCUT2D eigenvalue weighted by molar-refractivity contribution is 5.86. The van der Waals surface area contributed by atoms with E-state index in [4.69, 9.17) is 9.47 Å². The van der Waals surface area contributed by atoms with E-state index in [0.717, 1.165) is 12.0 Å². The Kier molecular flexibility index (Phi) is 3.25. The average Bonchev–Trinajstić information content (AvgIpc) is 3.25. The molecule has 1 heterocycles. The number of rotatable bonds is 4. The van der Waals surface area contributed by atoms with Crippen LogP contribution >= 0.6 is 0 Å². The molecule has 3 aliphatic rings. The zero-order valence-electron chi connectivity index (χ0n) is 12.4. The van der Waals surface area contributed by atoms with E-state index in [9.17, 15) is 14.7 Å².